The second-order valence-electron chi connectivity index (χ2n) is 3.92. The first kappa shape index (κ1) is 10.1. The molecule has 76 valence electrons. The average molecular weight is 229 g/mol. The van der Waals surface area contributed by atoms with Crippen molar-refractivity contribution >= 4 is 23.1 Å². The lowest BCUT2D eigenvalue weighted by atomic mass is 9.75. The fraction of sp³-hybridized carbons (Fsp3) is 0.600. The normalized spacial score (nSPS) is 26.6. The highest BCUT2D eigenvalue weighted by Gasteiger charge is 2.30. The Morgan fingerprint density at radius 3 is 3.00 bits per heavy atom. The van der Waals surface area contributed by atoms with Crippen LogP contribution in [0.15, 0.2) is 17.5 Å². The molecule has 1 aromatic rings. The van der Waals surface area contributed by atoms with Crippen LogP contribution in [0.2, 0.25) is 0 Å². The molecular weight excluding hydrogens is 216 g/mol. The van der Waals surface area contributed by atoms with Crippen LogP contribution in [0.1, 0.15) is 25.0 Å². The van der Waals surface area contributed by atoms with Crippen molar-refractivity contribution in [3.63, 3.8) is 0 Å². The summed E-state index contributed by atoms with van der Waals surface area (Å²) in [7, 11) is 0. The lowest BCUT2D eigenvalue weighted by molar-refractivity contribution is 0.293. The van der Waals surface area contributed by atoms with E-state index in [2.05, 4.69) is 21.7 Å². The van der Waals surface area contributed by atoms with Crippen LogP contribution in [-0.4, -0.2) is 15.5 Å². The number of hydrogen-bond donors (Lipinski definition) is 0. The molecule has 0 saturated heterocycles. The Hall–Kier alpha value is -0.410. The Balaban J connectivity index is 2.09. The zero-order chi connectivity index (χ0) is 9.86. The lowest BCUT2D eigenvalue weighted by Crippen LogP contribution is -2.27. The molecule has 0 fully saturated rings. The van der Waals surface area contributed by atoms with Gasteiger partial charge >= 0.3 is 0 Å². The van der Waals surface area contributed by atoms with Crippen LogP contribution in [0.25, 0.3) is 0 Å². The molecule has 2 nitrogen and oxygen atoms in total. The van der Waals surface area contributed by atoms with Crippen LogP contribution < -0.4 is 0 Å². The molecule has 0 bridgehead atoms. The van der Waals surface area contributed by atoms with Crippen molar-refractivity contribution in [2.24, 2.45) is 5.41 Å². The molecule has 0 saturated carbocycles. The minimum atomic E-state index is 0.228. The summed E-state index contributed by atoms with van der Waals surface area (Å²) in [6.07, 6.45) is 8.84. The Bertz CT molecular complexity index is 310. The summed E-state index contributed by atoms with van der Waals surface area (Å²) >= 11 is 7.49. The lowest BCUT2D eigenvalue weighted by Gasteiger charge is -2.32. The zero-order valence-corrected chi connectivity index (χ0v) is 9.52. The van der Waals surface area contributed by atoms with Crippen molar-refractivity contribution in [2.75, 3.05) is 5.88 Å². The van der Waals surface area contributed by atoms with E-state index >= 15 is 0 Å². The highest BCUT2D eigenvalue weighted by Crippen LogP contribution is 2.37. The summed E-state index contributed by atoms with van der Waals surface area (Å²) in [4.78, 5) is 0. The molecule has 0 amide bonds. The maximum absolute atomic E-state index is 6.08. The Kier molecular flexibility index (Phi) is 3.19. The minimum Gasteiger partial charge on any atom is -0.143 e. The monoisotopic (exact) mass is 228 g/mol. The van der Waals surface area contributed by atoms with Gasteiger partial charge in [-0.15, -0.1) is 16.7 Å². The van der Waals surface area contributed by atoms with Crippen molar-refractivity contribution in [2.45, 2.75) is 25.7 Å². The molecule has 1 heterocycles. The third-order valence-electron chi connectivity index (χ3n) is 2.80. The van der Waals surface area contributed by atoms with Crippen molar-refractivity contribution in [3.05, 3.63) is 23.2 Å². The maximum atomic E-state index is 6.08. The van der Waals surface area contributed by atoms with E-state index in [1.54, 1.807) is 0 Å². The first-order valence-electron chi connectivity index (χ1n) is 4.82. The van der Waals surface area contributed by atoms with Gasteiger partial charge in [0.25, 0.3) is 0 Å². The minimum absolute atomic E-state index is 0.228. The van der Waals surface area contributed by atoms with E-state index in [1.165, 1.54) is 18.0 Å². The Morgan fingerprint density at radius 1 is 1.50 bits per heavy atom. The van der Waals surface area contributed by atoms with Crippen molar-refractivity contribution in [3.8, 4) is 0 Å². The molecule has 2 rings (SSSR count). The van der Waals surface area contributed by atoms with Crippen LogP contribution in [0.3, 0.4) is 0 Å². The Labute approximate surface area is 93.1 Å². The van der Waals surface area contributed by atoms with Crippen molar-refractivity contribution in [1.29, 1.82) is 0 Å². The predicted octanol–water partition coefficient (Wildman–Crippen LogP) is 3.05. The molecule has 0 spiro atoms. The van der Waals surface area contributed by atoms with E-state index in [0.29, 0.717) is 0 Å². The van der Waals surface area contributed by atoms with Crippen LogP contribution in [0, 0.1) is 5.41 Å². The van der Waals surface area contributed by atoms with Gasteiger partial charge in [-0.1, -0.05) is 16.6 Å². The maximum Gasteiger partial charge on any atom is 0.0761 e. The molecule has 1 unspecified atom stereocenters. The highest BCUT2D eigenvalue weighted by molar-refractivity contribution is 7.03. The number of allylic oxidation sites excluding steroid dienone is 2. The standard InChI is InChI=1S/C10H13ClN2S/c11-8-10(4-2-1-3-5-10)6-9-7-14-13-12-9/h1-2,7H,3-6,8H2. The van der Waals surface area contributed by atoms with Gasteiger partial charge in [0.2, 0.25) is 0 Å². The Morgan fingerprint density at radius 2 is 2.43 bits per heavy atom. The zero-order valence-electron chi connectivity index (χ0n) is 7.95. The van der Waals surface area contributed by atoms with E-state index in [-0.39, 0.29) is 5.41 Å². The summed E-state index contributed by atoms with van der Waals surface area (Å²) in [5, 5.41) is 6.11. The van der Waals surface area contributed by atoms with Gasteiger partial charge in [0.05, 0.1) is 5.69 Å². The van der Waals surface area contributed by atoms with Gasteiger partial charge in [-0.3, -0.25) is 0 Å². The van der Waals surface area contributed by atoms with Crippen LogP contribution in [-0.2, 0) is 6.42 Å². The summed E-state index contributed by atoms with van der Waals surface area (Å²) in [6, 6.07) is 0. The number of rotatable bonds is 3. The van der Waals surface area contributed by atoms with Gasteiger partial charge in [0, 0.05) is 11.3 Å². The highest BCUT2D eigenvalue weighted by atomic mass is 35.5. The smallest absolute Gasteiger partial charge is 0.0761 e. The molecule has 0 aromatic carbocycles. The topological polar surface area (TPSA) is 25.8 Å². The van der Waals surface area contributed by atoms with Gasteiger partial charge in [0.15, 0.2) is 0 Å². The molecule has 0 N–H and O–H groups in total. The molecule has 1 aliphatic carbocycles. The number of hydrogen-bond acceptors (Lipinski definition) is 3. The predicted molar refractivity (Wildman–Crippen MR) is 59.8 cm³/mol. The average Bonchev–Trinajstić information content (AvgIpc) is 2.72. The summed E-state index contributed by atoms with van der Waals surface area (Å²) in [5.74, 6) is 0.717. The second-order valence-corrected chi connectivity index (χ2v) is 4.80. The number of halogens is 1. The summed E-state index contributed by atoms with van der Waals surface area (Å²) in [5.41, 5.74) is 1.32. The van der Waals surface area contributed by atoms with Gasteiger partial charge < -0.3 is 0 Å². The fourth-order valence-electron chi connectivity index (χ4n) is 1.92. The molecule has 0 radical (unpaired) electrons. The molecule has 1 aromatic heterocycles. The van der Waals surface area contributed by atoms with Crippen molar-refractivity contribution in [1.82, 2.24) is 9.59 Å². The molecular formula is C10H13ClN2S. The van der Waals surface area contributed by atoms with E-state index in [1.807, 2.05) is 5.38 Å². The molecule has 1 aliphatic rings. The van der Waals surface area contributed by atoms with E-state index in [0.717, 1.165) is 30.8 Å². The number of nitrogens with zero attached hydrogens (tertiary/aromatic N) is 2. The number of alkyl halides is 1. The first-order chi connectivity index (χ1) is 6.85. The van der Waals surface area contributed by atoms with Crippen LogP contribution in [0.4, 0.5) is 0 Å². The third-order valence-corrected chi connectivity index (χ3v) is 3.92. The molecule has 0 aliphatic heterocycles. The SMILES string of the molecule is ClCC1(Cc2csnn2)CC=CCC1. The summed E-state index contributed by atoms with van der Waals surface area (Å²) < 4.78 is 3.88. The second kappa shape index (κ2) is 4.41. The van der Waals surface area contributed by atoms with E-state index in [9.17, 15) is 0 Å². The fourth-order valence-corrected chi connectivity index (χ4v) is 2.71. The molecule has 4 heteroatoms. The third kappa shape index (κ3) is 2.15. The van der Waals surface area contributed by atoms with Crippen molar-refractivity contribution < 1.29 is 0 Å². The van der Waals surface area contributed by atoms with E-state index in [4.69, 9.17) is 11.6 Å². The van der Waals surface area contributed by atoms with Gasteiger partial charge in [-0.05, 0) is 42.6 Å². The van der Waals surface area contributed by atoms with Gasteiger partial charge in [-0.25, -0.2) is 0 Å². The van der Waals surface area contributed by atoms with E-state index < -0.39 is 0 Å². The quantitative estimate of drug-likeness (QED) is 0.587. The van der Waals surface area contributed by atoms with Gasteiger partial charge in [-0.2, -0.15) is 0 Å². The number of aromatic nitrogens is 2. The van der Waals surface area contributed by atoms with Gasteiger partial charge in [0.1, 0.15) is 0 Å². The van der Waals surface area contributed by atoms with Crippen LogP contribution >= 0.6 is 23.1 Å². The largest absolute Gasteiger partial charge is 0.143 e. The van der Waals surface area contributed by atoms with Crippen LogP contribution in [0.5, 0.6) is 0 Å². The first-order valence-corrected chi connectivity index (χ1v) is 6.19. The molecule has 14 heavy (non-hydrogen) atoms. The summed E-state index contributed by atoms with van der Waals surface area (Å²) in [6.45, 7) is 0. The molecule has 1 atom stereocenters.